The quantitative estimate of drug-likeness (QED) is 0.687. The molecule has 0 saturated carbocycles. The number of carboxylic acids is 1. The SMILES string of the molecule is COc1ccc(SCC(=O)[O-])cc1OC. The van der Waals surface area contributed by atoms with Crippen LogP contribution in [0.2, 0.25) is 0 Å². The third-order valence-corrected chi connectivity index (χ3v) is 2.68. The second-order valence-electron chi connectivity index (χ2n) is 2.68. The summed E-state index contributed by atoms with van der Waals surface area (Å²) in [5, 5.41) is 10.3. The Labute approximate surface area is 92.2 Å². The molecular formula is C10H11O4S-. The standard InChI is InChI=1S/C10H12O4S/c1-13-8-4-3-7(5-9(8)14-2)15-6-10(11)12/h3-5H,6H2,1-2H3,(H,11,12)/p-1. The number of carboxylic acid groups (broad SMARTS) is 1. The number of hydrogen-bond donors (Lipinski definition) is 0. The zero-order valence-corrected chi connectivity index (χ0v) is 9.30. The van der Waals surface area contributed by atoms with Gasteiger partial charge in [0.15, 0.2) is 11.5 Å². The van der Waals surface area contributed by atoms with Crippen LogP contribution in [-0.4, -0.2) is 25.9 Å². The van der Waals surface area contributed by atoms with Gasteiger partial charge in [-0.2, -0.15) is 0 Å². The van der Waals surface area contributed by atoms with E-state index in [2.05, 4.69) is 0 Å². The van der Waals surface area contributed by atoms with Crippen molar-refractivity contribution in [2.24, 2.45) is 0 Å². The molecule has 1 rings (SSSR count). The van der Waals surface area contributed by atoms with Gasteiger partial charge < -0.3 is 19.4 Å². The summed E-state index contributed by atoms with van der Waals surface area (Å²) in [6.45, 7) is 0. The summed E-state index contributed by atoms with van der Waals surface area (Å²) in [4.78, 5) is 11.1. The molecule has 0 aliphatic heterocycles. The molecule has 0 saturated heterocycles. The van der Waals surface area contributed by atoms with Crippen LogP contribution in [0, 0.1) is 0 Å². The van der Waals surface area contributed by atoms with E-state index in [0.29, 0.717) is 11.5 Å². The Bertz CT molecular complexity index is 351. The predicted molar refractivity (Wildman–Crippen MR) is 55.3 cm³/mol. The normalized spacial score (nSPS) is 9.73. The van der Waals surface area contributed by atoms with Gasteiger partial charge in [-0.05, 0) is 18.2 Å². The van der Waals surface area contributed by atoms with Crippen LogP contribution in [0.1, 0.15) is 0 Å². The average molecular weight is 227 g/mol. The minimum absolute atomic E-state index is 0.0739. The van der Waals surface area contributed by atoms with Gasteiger partial charge in [-0.15, -0.1) is 11.8 Å². The molecule has 82 valence electrons. The van der Waals surface area contributed by atoms with E-state index in [1.54, 1.807) is 25.3 Å². The molecule has 15 heavy (non-hydrogen) atoms. The highest BCUT2D eigenvalue weighted by Gasteiger charge is 2.04. The maximum atomic E-state index is 10.3. The number of methoxy groups -OCH3 is 2. The highest BCUT2D eigenvalue weighted by Crippen LogP contribution is 2.31. The van der Waals surface area contributed by atoms with Crippen molar-refractivity contribution < 1.29 is 19.4 Å². The first-order valence-electron chi connectivity index (χ1n) is 4.22. The Balaban J connectivity index is 2.78. The Hall–Kier alpha value is -1.36. The van der Waals surface area contributed by atoms with E-state index in [4.69, 9.17) is 9.47 Å². The smallest absolute Gasteiger partial charge is 0.161 e. The number of ether oxygens (including phenoxy) is 2. The van der Waals surface area contributed by atoms with Gasteiger partial charge in [0, 0.05) is 10.6 Å². The van der Waals surface area contributed by atoms with Crippen LogP contribution in [0.5, 0.6) is 11.5 Å². The minimum atomic E-state index is -1.09. The van der Waals surface area contributed by atoms with E-state index in [0.717, 1.165) is 4.90 Å². The molecule has 0 radical (unpaired) electrons. The number of hydrogen-bond acceptors (Lipinski definition) is 5. The van der Waals surface area contributed by atoms with Gasteiger partial charge >= 0.3 is 0 Å². The molecule has 0 spiro atoms. The first-order valence-corrected chi connectivity index (χ1v) is 5.20. The third kappa shape index (κ3) is 3.36. The summed E-state index contributed by atoms with van der Waals surface area (Å²) in [5.41, 5.74) is 0. The van der Waals surface area contributed by atoms with E-state index in [-0.39, 0.29) is 5.75 Å². The Morgan fingerprint density at radius 3 is 2.53 bits per heavy atom. The molecule has 0 amide bonds. The van der Waals surface area contributed by atoms with E-state index in [1.807, 2.05) is 0 Å². The molecule has 0 heterocycles. The van der Waals surface area contributed by atoms with Gasteiger partial charge in [0.1, 0.15) is 0 Å². The largest absolute Gasteiger partial charge is 0.549 e. The molecule has 1 aromatic rings. The molecule has 4 nitrogen and oxygen atoms in total. The molecule has 0 bridgehead atoms. The summed E-state index contributed by atoms with van der Waals surface area (Å²) in [7, 11) is 3.08. The van der Waals surface area contributed by atoms with E-state index >= 15 is 0 Å². The van der Waals surface area contributed by atoms with Gasteiger partial charge in [0.2, 0.25) is 0 Å². The van der Waals surface area contributed by atoms with Crippen molar-refractivity contribution in [3.63, 3.8) is 0 Å². The molecule has 0 aliphatic rings. The number of thioether (sulfide) groups is 1. The Morgan fingerprint density at radius 2 is 2.00 bits per heavy atom. The van der Waals surface area contributed by atoms with Gasteiger partial charge in [0.25, 0.3) is 0 Å². The molecule has 0 N–H and O–H groups in total. The van der Waals surface area contributed by atoms with Crippen molar-refractivity contribution in [2.75, 3.05) is 20.0 Å². The molecular weight excluding hydrogens is 216 g/mol. The molecule has 0 atom stereocenters. The van der Waals surface area contributed by atoms with Crippen molar-refractivity contribution in [2.45, 2.75) is 4.90 Å². The first-order chi connectivity index (χ1) is 7.17. The number of carbonyl (C=O) groups excluding carboxylic acids is 1. The fraction of sp³-hybridized carbons (Fsp3) is 0.300. The van der Waals surface area contributed by atoms with Crippen LogP contribution in [0.4, 0.5) is 0 Å². The average Bonchev–Trinajstić information content (AvgIpc) is 2.25. The molecule has 0 aromatic heterocycles. The Kier molecular flexibility index (Phi) is 4.30. The molecule has 5 heteroatoms. The lowest BCUT2D eigenvalue weighted by Crippen LogP contribution is -2.24. The molecule has 0 unspecified atom stereocenters. The van der Waals surface area contributed by atoms with Crippen LogP contribution in [0.15, 0.2) is 23.1 Å². The van der Waals surface area contributed by atoms with Crippen molar-refractivity contribution in [1.82, 2.24) is 0 Å². The van der Waals surface area contributed by atoms with Crippen molar-refractivity contribution in [3.05, 3.63) is 18.2 Å². The summed E-state index contributed by atoms with van der Waals surface area (Å²) in [5.74, 6) is 0.0427. The van der Waals surface area contributed by atoms with Crippen LogP contribution >= 0.6 is 11.8 Å². The fourth-order valence-corrected chi connectivity index (χ4v) is 1.69. The number of aliphatic carboxylic acids is 1. The summed E-state index contributed by atoms with van der Waals surface area (Å²) in [6, 6.07) is 5.23. The predicted octanol–water partition coefficient (Wildman–Crippen LogP) is 0.546. The first kappa shape index (κ1) is 11.7. The highest BCUT2D eigenvalue weighted by atomic mass is 32.2. The van der Waals surface area contributed by atoms with Gasteiger partial charge in [-0.25, -0.2) is 0 Å². The summed E-state index contributed by atoms with van der Waals surface area (Å²) in [6.07, 6.45) is 0. The molecule has 0 fully saturated rings. The van der Waals surface area contributed by atoms with Crippen molar-refractivity contribution in [1.29, 1.82) is 0 Å². The van der Waals surface area contributed by atoms with Gasteiger partial charge in [-0.3, -0.25) is 0 Å². The lowest BCUT2D eigenvalue weighted by atomic mass is 10.3. The minimum Gasteiger partial charge on any atom is -0.549 e. The van der Waals surface area contributed by atoms with Crippen LogP contribution < -0.4 is 14.6 Å². The topological polar surface area (TPSA) is 58.6 Å². The maximum Gasteiger partial charge on any atom is 0.161 e. The third-order valence-electron chi connectivity index (χ3n) is 1.71. The lowest BCUT2D eigenvalue weighted by Gasteiger charge is -2.09. The number of benzene rings is 1. The van der Waals surface area contributed by atoms with Gasteiger partial charge in [0.05, 0.1) is 20.2 Å². The highest BCUT2D eigenvalue weighted by molar-refractivity contribution is 8.00. The van der Waals surface area contributed by atoms with Crippen LogP contribution in [-0.2, 0) is 4.79 Å². The van der Waals surface area contributed by atoms with Crippen LogP contribution in [0.25, 0.3) is 0 Å². The van der Waals surface area contributed by atoms with Crippen molar-refractivity contribution >= 4 is 17.7 Å². The molecule has 1 aromatic carbocycles. The van der Waals surface area contributed by atoms with Gasteiger partial charge in [-0.1, -0.05) is 0 Å². The zero-order chi connectivity index (χ0) is 11.3. The maximum absolute atomic E-state index is 10.3. The second-order valence-corrected chi connectivity index (χ2v) is 3.73. The number of carbonyl (C=O) groups is 1. The van der Waals surface area contributed by atoms with Crippen molar-refractivity contribution in [3.8, 4) is 11.5 Å². The van der Waals surface area contributed by atoms with E-state index in [9.17, 15) is 9.90 Å². The molecule has 0 aliphatic carbocycles. The summed E-state index contributed by atoms with van der Waals surface area (Å²) >= 11 is 1.18. The second kappa shape index (κ2) is 5.50. The monoisotopic (exact) mass is 227 g/mol. The van der Waals surface area contributed by atoms with Crippen LogP contribution in [0.3, 0.4) is 0 Å². The zero-order valence-electron chi connectivity index (χ0n) is 8.48. The lowest BCUT2D eigenvalue weighted by molar-refractivity contribution is -0.301. The Morgan fingerprint density at radius 1 is 1.33 bits per heavy atom. The summed E-state index contributed by atoms with van der Waals surface area (Å²) < 4.78 is 10.1. The number of rotatable bonds is 5. The van der Waals surface area contributed by atoms with E-state index < -0.39 is 5.97 Å². The van der Waals surface area contributed by atoms with E-state index in [1.165, 1.54) is 18.9 Å². The fourth-order valence-electron chi connectivity index (χ4n) is 1.05.